The van der Waals surface area contributed by atoms with E-state index in [9.17, 15) is 9.59 Å². The molecule has 2 aromatic rings. The van der Waals surface area contributed by atoms with Gasteiger partial charge in [0.25, 0.3) is 0 Å². The van der Waals surface area contributed by atoms with E-state index in [1.807, 2.05) is 0 Å². The van der Waals surface area contributed by atoms with Gasteiger partial charge in [-0.15, -0.1) is 0 Å². The van der Waals surface area contributed by atoms with Gasteiger partial charge in [0, 0.05) is 7.05 Å². The zero-order valence-corrected chi connectivity index (χ0v) is 22.1. The Morgan fingerprint density at radius 1 is 1.32 bits per heavy atom. The second kappa shape index (κ2) is 10.7. The molecule has 1 fully saturated rings. The van der Waals surface area contributed by atoms with Crippen LogP contribution in [-0.2, 0) is 28.5 Å². The third-order valence-electron chi connectivity index (χ3n) is 6.01. The highest BCUT2D eigenvalue weighted by Gasteiger charge is 2.58. The molecule has 0 radical (unpaired) electrons. The predicted molar refractivity (Wildman–Crippen MR) is 132 cm³/mol. The quantitative estimate of drug-likeness (QED) is 0.245. The largest absolute Gasteiger partial charge is 0.455 e. The molecule has 3 heterocycles. The fourth-order valence-corrected chi connectivity index (χ4v) is 3.76. The summed E-state index contributed by atoms with van der Waals surface area (Å²) in [6.45, 7) is 9.21. The van der Waals surface area contributed by atoms with Crippen molar-refractivity contribution >= 4 is 34.9 Å². The minimum Gasteiger partial charge on any atom is -0.455 e. The minimum atomic E-state index is -2.27. The maximum atomic E-state index is 16.5. The van der Waals surface area contributed by atoms with Gasteiger partial charge in [-0.1, -0.05) is 13.8 Å². The summed E-state index contributed by atoms with van der Waals surface area (Å²) < 4.78 is 40.0. The van der Waals surface area contributed by atoms with Gasteiger partial charge in [-0.2, -0.15) is 9.97 Å². The van der Waals surface area contributed by atoms with Crippen LogP contribution in [0.3, 0.4) is 0 Å². The molecule has 0 saturated carbocycles. The number of hydrogen-bond donors (Lipinski definition) is 3. The first-order valence-corrected chi connectivity index (χ1v) is 11.9. The van der Waals surface area contributed by atoms with Gasteiger partial charge >= 0.3 is 11.9 Å². The highest BCUT2D eigenvalue weighted by atomic mass is 19.1. The molecule has 1 aliphatic heterocycles. The molecule has 206 valence electrons. The van der Waals surface area contributed by atoms with Gasteiger partial charge in [-0.3, -0.25) is 14.2 Å². The maximum absolute atomic E-state index is 16.5. The maximum Gasteiger partial charge on any atom is 0.323 e. The molecule has 13 nitrogen and oxygen atoms in total. The second-order valence-corrected chi connectivity index (χ2v) is 10.5. The number of esters is 2. The number of ether oxygens (including phenoxy) is 4. The Bertz CT molecular complexity index is 1130. The number of nitrogens with two attached hydrogens (primary N) is 2. The van der Waals surface area contributed by atoms with Crippen molar-refractivity contribution in [2.45, 2.75) is 71.7 Å². The summed E-state index contributed by atoms with van der Waals surface area (Å²) in [4.78, 5) is 37.3. The molecule has 0 aliphatic carbocycles. The number of aromatic nitrogens is 4. The van der Waals surface area contributed by atoms with E-state index in [2.05, 4.69) is 20.3 Å². The molecule has 1 aliphatic rings. The van der Waals surface area contributed by atoms with E-state index in [4.69, 9.17) is 30.4 Å². The number of nitrogens with zero attached hydrogens (tertiary/aromatic N) is 4. The summed E-state index contributed by atoms with van der Waals surface area (Å²) in [5.41, 5.74) is 9.34. The van der Waals surface area contributed by atoms with E-state index >= 15 is 4.39 Å². The van der Waals surface area contributed by atoms with Crippen LogP contribution in [0.5, 0.6) is 0 Å². The van der Waals surface area contributed by atoms with Crippen molar-refractivity contribution in [3.8, 4) is 0 Å². The number of fused-ring (bicyclic) bond motifs is 1. The van der Waals surface area contributed by atoms with Gasteiger partial charge in [0.2, 0.25) is 5.95 Å². The molecule has 0 amide bonds. The summed E-state index contributed by atoms with van der Waals surface area (Å²) in [5.74, 6) is -1.19. The molecule has 0 aromatic carbocycles. The Morgan fingerprint density at radius 3 is 2.59 bits per heavy atom. The summed E-state index contributed by atoms with van der Waals surface area (Å²) in [5, 5.41) is 2.87. The molecule has 37 heavy (non-hydrogen) atoms. The molecule has 2 aromatic heterocycles. The zero-order valence-electron chi connectivity index (χ0n) is 22.1. The third-order valence-corrected chi connectivity index (χ3v) is 6.01. The highest BCUT2D eigenvalue weighted by molar-refractivity contribution is 5.84. The molecule has 5 atom stereocenters. The van der Waals surface area contributed by atoms with Crippen molar-refractivity contribution in [2.24, 2.45) is 17.1 Å². The van der Waals surface area contributed by atoms with E-state index < -0.39 is 47.5 Å². The van der Waals surface area contributed by atoms with Crippen molar-refractivity contribution in [2.75, 3.05) is 31.5 Å². The number of halogens is 1. The van der Waals surface area contributed by atoms with Gasteiger partial charge in [0.1, 0.15) is 12.1 Å². The highest BCUT2D eigenvalue weighted by Crippen LogP contribution is 2.44. The van der Waals surface area contributed by atoms with Gasteiger partial charge in [0.15, 0.2) is 41.8 Å². The SMILES string of the molecule is CNc1nc(N)nc2c1ncn2[C@@H]1O[C@H](COCOC(=O)C(C)(C)C)[C@@H](OC(=O)[C@@H](N)C(C)C)[C@@]1(C)F. The topological polar surface area (TPSA) is 179 Å². The second-order valence-electron chi connectivity index (χ2n) is 10.5. The molecule has 3 rings (SSSR count). The number of anilines is 2. The summed E-state index contributed by atoms with van der Waals surface area (Å²) >= 11 is 0. The molecule has 1 saturated heterocycles. The fraction of sp³-hybridized carbons (Fsp3) is 0.696. The van der Waals surface area contributed by atoms with E-state index in [1.54, 1.807) is 41.7 Å². The Kier molecular flexibility index (Phi) is 8.24. The lowest BCUT2D eigenvalue weighted by Gasteiger charge is -2.29. The smallest absolute Gasteiger partial charge is 0.323 e. The van der Waals surface area contributed by atoms with Crippen molar-refractivity contribution in [1.29, 1.82) is 0 Å². The molecule has 0 spiro atoms. The monoisotopic (exact) mass is 525 g/mol. The number of rotatable bonds is 9. The standard InChI is InChI=1S/C23H36FN7O6/c1-11(2)13(25)18(32)37-15-12(8-34-10-35-20(33)22(3,4)5)36-19(23(15,6)24)31-9-28-14-16(27-7)29-21(26)30-17(14)31/h9,11-13,15,19H,8,10,25H2,1-7H3,(H3,26,27,29,30)/t12-,13+,15-,19-,23-/m1/s1. The molecule has 5 N–H and O–H groups in total. The molecular formula is C23H36FN7O6. The van der Waals surface area contributed by atoms with E-state index in [-0.39, 0.29) is 30.9 Å². The van der Waals surface area contributed by atoms with Crippen LogP contribution in [0.15, 0.2) is 6.33 Å². The summed E-state index contributed by atoms with van der Waals surface area (Å²) in [6.07, 6.45) is -2.46. The minimum absolute atomic E-state index is 0.0522. The first kappa shape index (κ1) is 28.5. The number of carbonyl (C=O) groups is 2. The van der Waals surface area contributed by atoms with Crippen LogP contribution in [0.25, 0.3) is 11.2 Å². The van der Waals surface area contributed by atoms with E-state index in [1.165, 1.54) is 17.8 Å². The van der Waals surface area contributed by atoms with Gasteiger partial charge in [-0.25, -0.2) is 9.37 Å². The first-order chi connectivity index (χ1) is 17.2. The van der Waals surface area contributed by atoms with Crippen LogP contribution in [0.4, 0.5) is 16.2 Å². The molecule has 14 heteroatoms. The van der Waals surface area contributed by atoms with E-state index in [0.29, 0.717) is 11.3 Å². The molecular weight excluding hydrogens is 489 g/mol. The molecule has 0 unspecified atom stereocenters. The summed E-state index contributed by atoms with van der Waals surface area (Å²) in [6, 6.07) is -0.969. The van der Waals surface area contributed by atoms with Crippen molar-refractivity contribution in [3.05, 3.63) is 6.33 Å². The number of alkyl halides is 1. The fourth-order valence-electron chi connectivity index (χ4n) is 3.76. The lowest BCUT2D eigenvalue weighted by Crippen LogP contribution is -2.48. The van der Waals surface area contributed by atoms with Crippen molar-refractivity contribution in [3.63, 3.8) is 0 Å². The Labute approximate surface area is 214 Å². The number of nitrogen functional groups attached to an aromatic ring is 1. The zero-order chi connectivity index (χ0) is 27.7. The lowest BCUT2D eigenvalue weighted by molar-refractivity contribution is -0.172. The summed E-state index contributed by atoms with van der Waals surface area (Å²) in [7, 11) is 1.64. The van der Waals surface area contributed by atoms with Crippen LogP contribution >= 0.6 is 0 Å². The Hall–Kier alpha value is -3.10. The first-order valence-electron chi connectivity index (χ1n) is 11.9. The average Bonchev–Trinajstić information content (AvgIpc) is 3.32. The van der Waals surface area contributed by atoms with Crippen molar-refractivity contribution in [1.82, 2.24) is 19.5 Å². The van der Waals surface area contributed by atoms with Crippen LogP contribution in [0.1, 0.15) is 47.8 Å². The Balaban J connectivity index is 1.89. The lowest BCUT2D eigenvalue weighted by atomic mass is 9.97. The predicted octanol–water partition coefficient (Wildman–Crippen LogP) is 1.53. The van der Waals surface area contributed by atoms with Crippen LogP contribution < -0.4 is 16.8 Å². The van der Waals surface area contributed by atoms with Gasteiger partial charge in [0.05, 0.1) is 18.3 Å². The number of imidazole rings is 1. The van der Waals surface area contributed by atoms with E-state index in [0.717, 1.165) is 0 Å². The van der Waals surface area contributed by atoms with Gasteiger partial charge in [-0.05, 0) is 33.6 Å². The number of hydrogen-bond acceptors (Lipinski definition) is 12. The van der Waals surface area contributed by atoms with Crippen molar-refractivity contribution < 1.29 is 32.9 Å². The number of nitrogens with one attached hydrogen (secondary N) is 1. The van der Waals surface area contributed by atoms with Crippen LogP contribution in [0, 0.1) is 11.3 Å². The Morgan fingerprint density at radius 2 is 2.00 bits per heavy atom. The van der Waals surface area contributed by atoms with Gasteiger partial charge < -0.3 is 35.7 Å². The number of carbonyl (C=O) groups excluding carboxylic acids is 2. The van der Waals surface area contributed by atoms with Crippen LogP contribution in [-0.4, -0.2) is 75.8 Å². The average molecular weight is 526 g/mol. The normalized spacial score (nSPS) is 24.9. The van der Waals surface area contributed by atoms with Crippen LogP contribution in [0.2, 0.25) is 0 Å². The third kappa shape index (κ3) is 5.91. The molecule has 0 bridgehead atoms.